The number of fused-ring (bicyclic) bond motifs is 1. The molecule has 0 amide bonds. The third kappa shape index (κ3) is 3.77. The highest BCUT2D eigenvalue weighted by atomic mass is 79.9. The van der Waals surface area contributed by atoms with Gasteiger partial charge in [0.25, 0.3) is 0 Å². The molecule has 25 heavy (non-hydrogen) atoms. The van der Waals surface area contributed by atoms with Crippen molar-refractivity contribution in [3.63, 3.8) is 0 Å². The Morgan fingerprint density at radius 3 is 2.68 bits per heavy atom. The summed E-state index contributed by atoms with van der Waals surface area (Å²) in [4.78, 5) is 5.58. The lowest BCUT2D eigenvalue weighted by atomic mass is 9.78. The van der Waals surface area contributed by atoms with E-state index < -0.39 is 0 Å². The van der Waals surface area contributed by atoms with Crippen LogP contribution < -0.4 is 4.74 Å². The van der Waals surface area contributed by atoms with Crippen LogP contribution in [0.2, 0.25) is 0 Å². The highest BCUT2D eigenvalue weighted by Crippen LogP contribution is 2.38. The lowest BCUT2D eigenvalue weighted by molar-refractivity contribution is -0.00412. The third-order valence-electron chi connectivity index (χ3n) is 6.65. The minimum Gasteiger partial charge on any atom is -0.496 e. The fourth-order valence-electron chi connectivity index (χ4n) is 5.53. The topological polar surface area (TPSA) is 15.7 Å². The Bertz CT molecular complexity index is 587. The van der Waals surface area contributed by atoms with E-state index in [2.05, 4.69) is 43.9 Å². The number of benzene rings is 1. The van der Waals surface area contributed by atoms with Crippen LogP contribution in [0.5, 0.6) is 5.75 Å². The van der Waals surface area contributed by atoms with E-state index >= 15 is 0 Å². The minimum atomic E-state index is 0.736. The molecule has 3 aliphatic rings. The van der Waals surface area contributed by atoms with E-state index in [9.17, 15) is 0 Å². The predicted molar refractivity (Wildman–Crippen MR) is 106 cm³/mol. The predicted octanol–water partition coefficient (Wildman–Crippen LogP) is 4.69. The smallest absolute Gasteiger partial charge is 0.123 e. The zero-order valence-electron chi connectivity index (χ0n) is 15.4. The van der Waals surface area contributed by atoms with E-state index in [0.717, 1.165) is 34.8 Å². The molecule has 0 aromatic heterocycles. The summed E-state index contributed by atoms with van der Waals surface area (Å²) in [7, 11) is 1.79. The molecule has 2 atom stereocenters. The number of methoxy groups -OCH3 is 1. The first kappa shape index (κ1) is 17.8. The second-order valence-corrected chi connectivity index (χ2v) is 8.98. The fraction of sp³-hybridized carbons (Fsp3) is 0.714. The van der Waals surface area contributed by atoms with E-state index in [1.165, 1.54) is 70.1 Å². The molecule has 0 N–H and O–H groups in total. The van der Waals surface area contributed by atoms with Gasteiger partial charge in [0.05, 0.1) is 7.11 Å². The van der Waals surface area contributed by atoms with Gasteiger partial charge in [0, 0.05) is 41.8 Å². The molecule has 0 bridgehead atoms. The maximum Gasteiger partial charge on any atom is 0.123 e. The SMILES string of the molecule is COc1ccc(Br)cc1CN1CCN2CCCC2C1C1CCCCC1. The largest absolute Gasteiger partial charge is 0.496 e. The Morgan fingerprint density at radius 2 is 1.88 bits per heavy atom. The fourth-order valence-corrected chi connectivity index (χ4v) is 5.94. The van der Waals surface area contributed by atoms with E-state index in [-0.39, 0.29) is 0 Å². The van der Waals surface area contributed by atoms with E-state index in [0.29, 0.717) is 0 Å². The summed E-state index contributed by atoms with van der Waals surface area (Å²) < 4.78 is 6.80. The van der Waals surface area contributed by atoms with Crippen LogP contribution >= 0.6 is 15.9 Å². The molecule has 1 saturated carbocycles. The molecule has 1 aromatic carbocycles. The van der Waals surface area contributed by atoms with Crippen LogP contribution in [0.1, 0.15) is 50.5 Å². The average Bonchev–Trinajstić information content (AvgIpc) is 3.11. The van der Waals surface area contributed by atoms with Gasteiger partial charge in [0.1, 0.15) is 5.75 Å². The van der Waals surface area contributed by atoms with Crippen LogP contribution in [0, 0.1) is 5.92 Å². The standard InChI is InChI=1S/C21H31BrN2O/c1-25-20-10-9-18(22)14-17(20)15-24-13-12-23-11-5-8-19(23)21(24)16-6-3-2-4-7-16/h9-10,14,16,19,21H,2-8,11-13,15H2,1H3. The number of rotatable bonds is 4. The summed E-state index contributed by atoms with van der Waals surface area (Å²) in [6.45, 7) is 4.79. The molecule has 2 saturated heterocycles. The van der Waals surface area contributed by atoms with Crippen molar-refractivity contribution in [1.82, 2.24) is 9.80 Å². The summed E-state index contributed by atoms with van der Waals surface area (Å²) in [5.41, 5.74) is 1.32. The average molecular weight is 407 g/mol. The Labute approximate surface area is 160 Å². The summed E-state index contributed by atoms with van der Waals surface area (Å²) in [6, 6.07) is 7.95. The number of halogens is 1. The van der Waals surface area contributed by atoms with Crippen molar-refractivity contribution in [1.29, 1.82) is 0 Å². The number of nitrogens with zero attached hydrogens (tertiary/aromatic N) is 2. The zero-order chi connectivity index (χ0) is 17.2. The molecule has 1 aromatic rings. The third-order valence-corrected chi connectivity index (χ3v) is 7.15. The van der Waals surface area contributed by atoms with Gasteiger partial charge in [0.15, 0.2) is 0 Å². The molecule has 3 fully saturated rings. The van der Waals surface area contributed by atoms with Gasteiger partial charge in [-0.25, -0.2) is 0 Å². The van der Waals surface area contributed by atoms with Crippen molar-refractivity contribution in [2.75, 3.05) is 26.7 Å². The Kier molecular flexibility index (Phi) is 5.68. The second kappa shape index (κ2) is 7.98. The monoisotopic (exact) mass is 406 g/mol. The normalized spacial score (nSPS) is 28.9. The van der Waals surface area contributed by atoms with Crippen LogP contribution in [-0.2, 0) is 6.54 Å². The minimum absolute atomic E-state index is 0.736. The first-order chi connectivity index (χ1) is 12.3. The van der Waals surface area contributed by atoms with Crippen molar-refractivity contribution in [2.24, 2.45) is 5.92 Å². The van der Waals surface area contributed by atoms with Crippen LogP contribution in [-0.4, -0.2) is 48.6 Å². The summed E-state index contributed by atoms with van der Waals surface area (Å²) in [6.07, 6.45) is 9.96. The molecule has 2 heterocycles. The number of hydrogen-bond donors (Lipinski definition) is 0. The van der Waals surface area contributed by atoms with Gasteiger partial charge in [-0.1, -0.05) is 35.2 Å². The van der Waals surface area contributed by atoms with Gasteiger partial charge in [0.2, 0.25) is 0 Å². The molecule has 2 unspecified atom stereocenters. The second-order valence-electron chi connectivity index (χ2n) is 8.06. The van der Waals surface area contributed by atoms with Crippen LogP contribution in [0.4, 0.5) is 0 Å². The van der Waals surface area contributed by atoms with Gasteiger partial charge in [-0.05, 0) is 56.3 Å². The van der Waals surface area contributed by atoms with E-state index in [1.54, 1.807) is 7.11 Å². The molecular formula is C21H31BrN2O. The molecule has 0 radical (unpaired) electrons. The van der Waals surface area contributed by atoms with E-state index in [1.807, 2.05) is 0 Å². The molecule has 3 nitrogen and oxygen atoms in total. The van der Waals surface area contributed by atoms with Gasteiger partial charge < -0.3 is 4.74 Å². The number of hydrogen-bond acceptors (Lipinski definition) is 3. The van der Waals surface area contributed by atoms with Gasteiger partial charge in [-0.3, -0.25) is 9.80 Å². The van der Waals surface area contributed by atoms with Crippen molar-refractivity contribution in [3.05, 3.63) is 28.2 Å². The van der Waals surface area contributed by atoms with Crippen LogP contribution in [0.25, 0.3) is 0 Å². The molecule has 4 heteroatoms. The van der Waals surface area contributed by atoms with Crippen LogP contribution in [0.3, 0.4) is 0 Å². The van der Waals surface area contributed by atoms with Crippen LogP contribution in [0.15, 0.2) is 22.7 Å². The van der Waals surface area contributed by atoms with Gasteiger partial charge >= 0.3 is 0 Å². The van der Waals surface area contributed by atoms with E-state index in [4.69, 9.17) is 4.74 Å². The number of piperazine rings is 1. The maximum atomic E-state index is 5.65. The van der Waals surface area contributed by atoms with Crippen molar-refractivity contribution < 1.29 is 4.74 Å². The highest BCUT2D eigenvalue weighted by molar-refractivity contribution is 9.10. The molecule has 138 valence electrons. The molecule has 2 aliphatic heterocycles. The summed E-state index contributed by atoms with van der Waals surface area (Å²) in [5.74, 6) is 1.91. The molecule has 0 spiro atoms. The Balaban J connectivity index is 1.58. The van der Waals surface area contributed by atoms with Crippen molar-refractivity contribution in [3.8, 4) is 5.75 Å². The van der Waals surface area contributed by atoms with Crippen molar-refractivity contribution in [2.45, 2.75) is 63.6 Å². The van der Waals surface area contributed by atoms with Gasteiger partial charge in [-0.2, -0.15) is 0 Å². The highest BCUT2D eigenvalue weighted by Gasteiger charge is 2.43. The molecule has 4 rings (SSSR count). The number of ether oxygens (including phenoxy) is 1. The summed E-state index contributed by atoms with van der Waals surface area (Å²) in [5, 5.41) is 0. The zero-order valence-corrected chi connectivity index (χ0v) is 17.0. The summed E-state index contributed by atoms with van der Waals surface area (Å²) >= 11 is 3.64. The maximum absolute atomic E-state index is 5.65. The lowest BCUT2D eigenvalue weighted by Gasteiger charge is -2.49. The molecular weight excluding hydrogens is 376 g/mol. The lowest BCUT2D eigenvalue weighted by Crippen LogP contribution is -2.59. The van der Waals surface area contributed by atoms with Crippen molar-refractivity contribution >= 4 is 15.9 Å². The van der Waals surface area contributed by atoms with Gasteiger partial charge in [-0.15, -0.1) is 0 Å². The first-order valence-electron chi connectivity index (χ1n) is 10.1. The Morgan fingerprint density at radius 1 is 1.04 bits per heavy atom. The quantitative estimate of drug-likeness (QED) is 0.721. The molecule has 1 aliphatic carbocycles. The Hall–Kier alpha value is -0.580. The first-order valence-corrected chi connectivity index (χ1v) is 10.9.